The fourth-order valence-corrected chi connectivity index (χ4v) is 4.98. The number of aromatic hydroxyl groups is 1. The normalized spacial score (nSPS) is 20.0. The van der Waals surface area contributed by atoms with Crippen LogP contribution in [-0.4, -0.2) is 28.6 Å². The van der Waals surface area contributed by atoms with E-state index in [0.717, 1.165) is 35.4 Å². The zero-order valence-corrected chi connectivity index (χ0v) is 16.6. The van der Waals surface area contributed by atoms with Crippen LogP contribution >= 0.6 is 0 Å². The Balaban J connectivity index is 1.69. The molecule has 0 aliphatic carbocycles. The lowest BCUT2D eigenvalue weighted by Gasteiger charge is -2.47. The average Bonchev–Trinajstić information content (AvgIpc) is 2.77. The van der Waals surface area contributed by atoms with Crippen LogP contribution in [-0.2, 0) is 12.8 Å². The molecule has 30 heavy (non-hydrogen) atoms. The fourth-order valence-electron chi connectivity index (χ4n) is 4.98. The number of benzene rings is 3. The van der Waals surface area contributed by atoms with Crippen LogP contribution in [0.3, 0.4) is 0 Å². The summed E-state index contributed by atoms with van der Waals surface area (Å²) in [5.74, 6) is 0.580. The monoisotopic (exact) mass is 402 g/mol. The van der Waals surface area contributed by atoms with Gasteiger partial charge in [0.05, 0.1) is 18.1 Å². The molecule has 3 aromatic carbocycles. The second kappa shape index (κ2) is 7.15. The van der Waals surface area contributed by atoms with Crippen molar-refractivity contribution in [1.82, 2.24) is 4.90 Å². The van der Waals surface area contributed by atoms with Gasteiger partial charge in [-0.25, -0.2) is 0 Å². The Morgan fingerprint density at radius 3 is 2.60 bits per heavy atom. The van der Waals surface area contributed by atoms with Crippen molar-refractivity contribution in [3.05, 3.63) is 98.6 Å². The Labute approximate surface area is 174 Å². The summed E-state index contributed by atoms with van der Waals surface area (Å²) < 4.78 is 5.40. The number of phenols is 1. The Morgan fingerprint density at radius 2 is 1.87 bits per heavy atom. The van der Waals surface area contributed by atoms with E-state index in [9.17, 15) is 15.2 Å². The van der Waals surface area contributed by atoms with Gasteiger partial charge in [0.2, 0.25) is 0 Å². The van der Waals surface area contributed by atoms with Crippen molar-refractivity contribution in [3.63, 3.8) is 0 Å². The van der Waals surface area contributed by atoms with Gasteiger partial charge in [0.1, 0.15) is 5.75 Å². The number of nitro groups is 1. The zero-order valence-electron chi connectivity index (χ0n) is 16.6. The van der Waals surface area contributed by atoms with Crippen LogP contribution in [0.4, 0.5) is 5.69 Å². The van der Waals surface area contributed by atoms with Crippen molar-refractivity contribution in [2.24, 2.45) is 0 Å². The summed E-state index contributed by atoms with van der Waals surface area (Å²) in [7, 11) is 1.68. The molecular formula is C24H22N2O4. The molecule has 0 fully saturated rings. The highest BCUT2D eigenvalue weighted by atomic mass is 16.6. The van der Waals surface area contributed by atoms with Gasteiger partial charge in [-0.15, -0.1) is 0 Å². The second-order valence-corrected chi connectivity index (χ2v) is 7.88. The van der Waals surface area contributed by atoms with Crippen molar-refractivity contribution in [2.75, 3.05) is 13.7 Å². The Hall–Kier alpha value is -3.38. The van der Waals surface area contributed by atoms with E-state index >= 15 is 0 Å². The molecule has 0 saturated heterocycles. The number of ether oxygens (including phenoxy) is 1. The third-order valence-electron chi connectivity index (χ3n) is 6.34. The number of nitrogens with zero attached hydrogens (tertiary/aromatic N) is 2. The van der Waals surface area contributed by atoms with Crippen LogP contribution in [0.1, 0.15) is 39.9 Å². The van der Waals surface area contributed by atoms with Gasteiger partial charge in [-0.3, -0.25) is 15.0 Å². The first-order chi connectivity index (χ1) is 14.6. The predicted octanol–water partition coefficient (Wildman–Crippen LogP) is 4.55. The number of hydrogen-bond acceptors (Lipinski definition) is 5. The summed E-state index contributed by atoms with van der Waals surface area (Å²) in [6.45, 7) is 0.846. The molecule has 2 atom stereocenters. The largest absolute Gasteiger partial charge is 0.502 e. The molecule has 0 saturated carbocycles. The Kier molecular flexibility index (Phi) is 4.44. The van der Waals surface area contributed by atoms with Crippen molar-refractivity contribution >= 4 is 5.69 Å². The van der Waals surface area contributed by atoms with Gasteiger partial charge in [0.25, 0.3) is 0 Å². The number of nitro benzene ring substituents is 1. The number of methoxy groups -OCH3 is 1. The van der Waals surface area contributed by atoms with Crippen LogP contribution in [0, 0.1) is 10.1 Å². The van der Waals surface area contributed by atoms with Crippen LogP contribution in [0.5, 0.6) is 11.5 Å². The van der Waals surface area contributed by atoms with Crippen LogP contribution in [0.25, 0.3) is 0 Å². The van der Waals surface area contributed by atoms with Crippen molar-refractivity contribution in [1.29, 1.82) is 0 Å². The lowest BCUT2D eigenvalue weighted by atomic mass is 9.78. The van der Waals surface area contributed by atoms with Gasteiger partial charge in [-0.1, -0.05) is 36.4 Å². The van der Waals surface area contributed by atoms with E-state index in [4.69, 9.17) is 4.74 Å². The topological polar surface area (TPSA) is 75.8 Å². The SMILES string of the molecule is COc1ccc2c(c1)CCN1C2Cc2cc(O)c([N+](=O)[O-])cc2C1c1ccccc1. The molecule has 0 spiro atoms. The summed E-state index contributed by atoms with van der Waals surface area (Å²) in [6, 6.07) is 19.5. The van der Waals surface area contributed by atoms with Crippen molar-refractivity contribution in [3.8, 4) is 11.5 Å². The molecule has 3 aromatic rings. The fraction of sp³-hybridized carbons (Fsp3) is 0.250. The minimum atomic E-state index is -0.512. The molecule has 0 amide bonds. The first-order valence-corrected chi connectivity index (χ1v) is 10.0. The number of rotatable bonds is 3. The van der Waals surface area contributed by atoms with Crippen molar-refractivity contribution < 1.29 is 14.8 Å². The minimum Gasteiger partial charge on any atom is -0.502 e. The van der Waals surface area contributed by atoms with Gasteiger partial charge >= 0.3 is 5.69 Å². The molecular weight excluding hydrogens is 380 g/mol. The Morgan fingerprint density at radius 1 is 1.07 bits per heavy atom. The number of fused-ring (bicyclic) bond motifs is 4. The summed E-state index contributed by atoms with van der Waals surface area (Å²) in [6.07, 6.45) is 1.59. The van der Waals surface area contributed by atoms with E-state index in [-0.39, 0.29) is 23.5 Å². The van der Waals surface area contributed by atoms with Crippen LogP contribution in [0.15, 0.2) is 60.7 Å². The summed E-state index contributed by atoms with van der Waals surface area (Å²) in [5.41, 5.74) is 5.25. The molecule has 6 nitrogen and oxygen atoms in total. The van der Waals surface area contributed by atoms with Gasteiger partial charge in [-0.05, 0) is 58.9 Å². The van der Waals surface area contributed by atoms with E-state index in [0.29, 0.717) is 6.42 Å². The number of phenolic OH excluding ortho intramolecular Hbond substituents is 1. The smallest absolute Gasteiger partial charge is 0.311 e. The maximum atomic E-state index is 11.5. The highest BCUT2D eigenvalue weighted by Crippen LogP contribution is 2.48. The highest BCUT2D eigenvalue weighted by molar-refractivity contribution is 5.56. The molecule has 2 aliphatic rings. The lowest BCUT2D eigenvalue weighted by Crippen LogP contribution is -2.43. The standard InChI is InChI=1S/C24H22N2O4/c1-30-18-7-8-19-16(11-18)9-10-25-21(19)12-17-13-23(27)22(26(28)29)14-20(17)24(25)15-5-3-2-4-6-15/h2-8,11,13-14,21,24,27H,9-10,12H2,1H3. The summed E-state index contributed by atoms with van der Waals surface area (Å²) >= 11 is 0. The zero-order chi connectivity index (χ0) is 20.8. The third kappa shape index (κ3) is 2.92. The second-order valence-electron chi connectivity index (χ2n) is 7.88. The third-order valence-corrected chi connectivity index (χ3v) is 6.34. The quantitative estimate of drug-likeness (QED) is 0.514. The maximum Gasteiger partial charge on any atom is 0.311 e. The molecule has 2 heterocycles. The summed E-state index contributed by atoms with van der Waals surface area (Å²) in [4.78, 5) is 13.4. The van der Waals surface area contributed by atoms with E-state index < -0.39 is 4.92 Å². The predicted molar refractivity (Wildman–Crippen MR) is 113 cm³/mol. The summed E-state index contributed by atoms with van der Waals surface area (Å²) in [5, 5.41) is 21.8. The maximum absolute atomic E-state index is 11.5. The van der Waals surface area contributed by atoms with E-state index in [1.807, 2.05) is 24.3 Å². The molecule has 2 unspecified atom stereocenters. The molecule has 1 N–H and O–H groups in total. The highest BCUT2D eigenvalue weighted by Gasteiger charge is 2.40. The first-order valence-electron chi connectivity index (χ1n) is 10.0. The molecule has 0 aromatic heterocycles. The van der Waals surface area contributed by atoms with Gasteiger partial charge in [0.15, 0.2) is 5.75 Å². The lowest BCUT2D eigenvalue weighted by molar-refractivity contribution is -0.386. The molecule has 2 aliphatic heterocycles. The van der Waals surface area contributed by atoms with Crippen LogP contribution < -0.4 is 4.74 Å². The van der Waals surface area contributed by atoms with Crippen molar-refractivity contribution in [2.45, 2.75) is 24.9 Å². The molecule has 0 radical (unpaired) electrons. The molecule has 0 bridgehead atoms. The van der Waals surface area contributed by atoms with Gasteiger partial charge in [0, 0.05) is 18.7 Å². The van der Waals surface area contributed by atoms with E-state index in [1.54, 1.807) is 19.2 Å². The Bertz CT molecular complexity index is 1130. The average molecular weight is 402 g/mol. The van der Waals surface area contributed by atoms with Crippen LogP contribution in [0.2, 0.25) is 0 Å². The number of hydrogen-bond donors (Lipinski definition) is 1. The molecule has 6 heteroatoms. The molecule has 152 valence electrons. The first kappa shape index (κ1) is 18.6. The minimum absolute atomic E-state index is 0.102. The van der Waals surface area contributed by atoms with Gasteiger partial charge in [-0.2, -0.15) is 0 Å². The molecule has 5 rings (SSSR count). The van der Waals surface area contributed by atoms with Gasteiger partial charge < -0.3 is 9.84 Å². The van der Waals surface area contributed by atoms with E-state index in [1.165, 1.54) is 11.1 Å². The van der Waals surface area contributed by atoms with E-state index in [2.05, 4.69) is 29.2 Å².